The Morgan fingerprint density at radius 2 is 1.95 bits per heavy atom. The molecule has 104 valence electrons. The number of nitrogens with one attached hydrogen (secondary N) is 1. The number of fused-ring (bicyclic) bond motifs is 1. The molecule has 1 aromatic carbocycles. The van der Waals surface area contributed by atoms with Gasteiger partial charge in [0.1, 0.15) is 11.6 Å². The van der Waals surface area contributed by atoms with E-state index in [2.05, 4.69) is 17.4 Å². The number of esters is 1. The first-order valence-corrected chi connectivity index (χ1v) is 6.96. The van der Waals surface area contributed by atoms with Gasteiger partial charge in [0.2, 0.25) is 0 Å². The lowest BCUT2D eigenvalue weighted by atomic mass is 10.1. The molecule has 0 amide bonds. The highest BCUT2D eigenvalue weighted by atomic mass is 16.6. The number of carbonyl (C=O) groups is 1. The Balaban J connectivity index is 1.99. The van der Waals surface area contributed by atoms with Gasteiger partial charge in [-0.25, -0.2) is 4.79 Å². The van der Waals surface area contributed by atoms with Crippen molar-refractivity contribution in [3.8, 4) is 0 Å². The third-order valence-electron chi connectivity index (χ3n) is 3.24. The van der Waals surface area contributed by atoms with E-state index in [0.29, 0.717) is 0 Å². The smallest absolute Gasteiger partial charge is 0.328 e. The average molecular weight is 261 g/mol. The summed E-state index contributed by atoms with van der Waals surface area (Å²) in [7, 11) is 0. The van der Waals surface area contributed by atoms with Crippen LogP contribution in [0.15, 0.2) is 18.2 Å². The van der Waals surface area contributed by atoms with E-state index in [1.54, 1.807) is 0 Å². The Kier molecular flexibility index (Phi) is 3.83. The number of rotatable bonds is 3. The quantitative estimate of drug-likeness (QED) is 0.848. The fourth-order valence-electron chi connectivity index (χ4n) is 2.36. The molecule has 1 atom stereocenters. The highest BCUT2D eigenvalue weighted by Crippen LogP contribution is 2.25. The Labute approximate surface area is 115 Å². The van der Waals surface area contributed by atoms with Crippen molar-refractivity contribution in [1.82, 2.24) is 0 Å². The molecule has 1 aliphatic rings. The second-order valence-corrected chi connectivity index (χ2v) is 6.24. The molecular formula is C16H23NO2. The van der Waals surface area contributed by atoms with Crippen LogP contribution in [-0.2, 0) is 22.4 Å². The van der Waals surface area contributed by atoms with E-state index in [1.807, 2.05) is 33.8 Å². The minimum atomic E-state index is -0.440. The molecule has 1 aromatic rings. The summed E-state index contributed by atoms with van der Waals surface area (Å²) in [6.45, 7) is 7.48. The summed E-state index contributed by atoms with van der Waals surface area (Å²) < 4.78 is 5.36. The number of anilines is 1. The highest BCUT2D eigenvalue weighted by molar-refractivity contribution is 5.79. The van der Waals surface area contributed by atoms with Crippen molar-refractivity contribution in [2.75, 3.05) is 5.32 Å². The maximum Gasteiger partial charge on any atom is 0.328 e. The lowest BCUT2D eigenvalue weighted by molar-refractivity contribution is -0.155. The van der Waals surface area contributed by atoms with Crippen molar-refractivity contribution in [2.45, 2.75) is 58.6 Å². The molecule has 0 spiro atoms. The molecule has 0 bridgehead atoms. The molecule has 1 aliphatic carbocycles. The molecule has 1 N–H and O–H groups in total. The first-order chi connectivity index (χ1) is 8.85. The molecule has 19 heavy (non-hydrogen) atoms. The molecule has 1 unspecified atom stereocenters. The van der Waals surface area contributed by atoms with E-state index in [1.165, 1.54) is 24.0 Å². The van der Waals surface area contributed by atoms with Gasteiger partial charge in [-0.15, -0.1) is 0 Å². The second-order valence-electron chi connectivity index (χ2n) is 6.24. The van der Waals surface area contributed by atoms with E-state index in [9.17, 15) is 4.79 Å². The molecule has 0 radical (unpaired) electrons. The Hall–Kier alpha value is -1.51. The van der Waals surface area contributed by atoms with Gasteiger partial charge in [0.25, 0.3) is 0 Å². The van der Waals surface area contributed by atoms with Crippen molar-refractivity contribution < 1.29 is 9.53 Å². The molecule has 0 aromatic heterocycles. The van der Waals surface area contributed by atoms with Gasteiger partial charge >= 0.3 is 5.97 Å². The first kappa shape index (κ1) is 13.9. The molecule has 3 nitrogen and oxygen atoms in total. The van der Waals surface area contributed by atoms with Crippen LogP contribution in [0.2, 0.25) is 0 Å². The summed E-state index contributed by atoms with van der Waals surface area (Å²) >= 11 is 0. The molecule has 3 heteroatoms. The summed E-state index contributed by atoms with van der Waals surface area (Å²) in [6.07, 6.45) is 3.56. The average Bonchev–Trinajstić information content (AvgIpc) is 2.73. The maximum atomic E-state index is 11.9. The van der Waals surface area contributed by atoms with Gasteiger partial charge in [-0.05, 0) is 70.2 Å². The van der Waals surface area contributed by atoms with Crippen LogP contribution in [-0.4, -0.2) is 17.6 Å². The minimum Gasteiger partial charge on any atom is -0.458 e. The molecule has 2 rings (SSSR count). The number of hydrogen-bond acceptors (Lipinski definition) is 3. The van der Waals surface area contributed by atoms with Crippen LogP contribution in [0.1, 0.15) is 45.2 Å². The van der Waals surface area contributed by atoms with Crippen LogP contribution in [0.3, 0.4) is 0 Å². The fraction of sp³-hybridized carbons (Fsp3) is 0.562. The monoisotopic (exact) mass is 261 g/mol. The maximum absolute atomic E-state index is 11.9. The predicted octanol–water partition coefficient (Wildman–Crippen LogP) is 3.32. The molecule has 0 saturated carbocycles. The van der Waals surface area contributed by atoms with Crippen molar-refractivity contribution in [1.29, 1.82) is 0 Å². The SMILES string of the molecule is CC(Nc1ccc2c(c1)CCC2)C(=O)OC(C)(C)C. The van der Waals surface area contributed by atoms with Crippen LogP contribution < -0.4 is 5.32 Å². The number of carbonyl (C=O) groups excluding carboxylic acids is 1. The van der Waals surface area contributed by atoms with Crippen LogP contribution in [0, 0.1) is 0 Å². The normalized spacial score (nSPS) is 15.8. The highest BCUT2D eigenvalue weighted by Gasteiger charge is 2.22. The zero-order valence-electron chi connectivity index (χ0n) is 12.2. The number of hydrogen-bond donors (Lipinski definition) is 1. The van der Waals surface area contributed by atoms with Crippen molar-refractivity contribution in [3.05, 3.63) is 29.3 Å². The molecule has 0 fully saturated rings. The number of ether oxygens (including phenoxy) is 1. The van der Waals surface area contributed by atoms with Crippen LogP contribution in [0.25, 0.3) is 0 Å². The lowest BCUT2D eigenvalue weighted by Crippen LogP contribution is -2.34. The van der Waals surface area contributed by atoms with E-state index in [4.69, 9.17) is 4.74 Å². The lowest BCUT2D eigenvalue weighted by Gasteiger charge is -2.23. The predicted molar refractivity (Wildman–Crippen MR) is 77.4 cm³/mol. The first-order valence-electron chi connectivity index (χ1n) is 6.96. The molecular weight excluding hydrogens is 238 g/mol. The largest absolute Gasteiger partial charge is 0.458 e. The van der Waals surface area contributed by atoms with E-state index >= 15 is 0 Å². The minimum absolute atomic E-state index is 0.215. The zero-order chi connectivity index (χ0) is 14.0. The summed E-state index contributed by atoms with van der Waals surface area (Å²) in [4.78, 5) is 11.9. The standard InChI is InChI=1S/C16H23NO2/c1-11(15(18)19-16(2,3)4)17-14-9-8-12-6-5-7-13(12)10-14/h8-11,17H,5-7H2,1-4H3. The summed E-state index contributed by atoms with van der Waals surface area (Å²) in [6, 6.07) is 6.03. The zero-order valence-corrected chi connectivity index (χ0v) is 12.2. The summed E-state index contributed by atoms with van der Waals surface area (Å²) in [5.41, 5.74) is 3.40. The molecule has 0 saturated heterocycles. The van der Waals surface area contributed by atoms with Gasteiger partial charge < -0.3 is 10.1 Å². The topological polar surface area (TPSA) is 38.3 Å². The van der Waals surface area contributed by atoms with Crippen molar-refractivity contribution >= 4 is 11.7 Å². The Bertz CT molecular complexity index is 474. The Morgan fingerprint density at radius 3 is 2.63 bits per heavy atom. The van der Waals surface area contributed by atoms with E-state index < -0.39 is 5.60 Å². The summed E-state index contributed by atoms with van der Waals surface area (Å²) in [5, 5.41) is 3.22. The summed E-state index contributed by atoms with van der Waals surface area (Å²) in [5.74, 6) is -0.215. The van der Waals surface area contributed by atoms with Gasteiger partial charge in [0.15, 0.2) is 0 Å². The molecule has 0 heterocycles. The van der Waals surface area contributed by atoms with E-state index in [-0.39, 0.29) is 12.0 Å². The third-order valence-corrected chi connectivity index (χ3v) is 3.24. The van der Waals surface area contributed by atoms with Gasteiger partial charge in [-0.3, -0.25) is 0 Å². The van der Waals surface area contributed by atoms with Gasteiger partial charge in [0, 0.05) is 5.69 Å². The van der Waals surface area contributed by atoms with Gasteiger partial charge in [-0.1, -0.05) is 6.07 Å². The number of benzene rings is 1. The van der Waals surface area contributed by atoms with Gasteiger partial charge in [-0.2, -0.15) is 0 Å². The van der Waals surface area contributed by atoms with Crippen LogP contribution >= 0.6 is 0 Å². The van der Waals surface area contributed by atoms with Crippen molar-refractivity contribution in [3.63, 3.8) is 0 Å². The van der Waals surface area contributed by atoms with Gasteiger partial charge in [0.05, 0.1) is 0 Å². The van der Waals surface area contributed by atoms with E-state index in [0.717, 1.165) is 12.1 Å². The third kappa shape index (κ3) is 3.72. The Morgan fingerprint density at radius 1 is 1.26 bits per heavy atom. The fourth-order valence-corrected chi connectivity index (χ4v) is 2.36. The number of aryl methyl sites for hydroxylation is 2. The molecule has 0 aliphatic heterocycles. The van der Waals surface area contributed by atoms with Crippen molar-refractivity contribution in [2.24, 2.45) is 0 Å². The van der Waals surface area contributed by atoms with Crippen LogP contribution in [0.5, 0.6) is 0 Å². The van der Waals surface area contributed by atoms with Crippen LogP contribution in [0.4, 0.5) is 5.69 Å². The second kappa shape index (κ2) is 5.24.